The fraction of sp³-hybridized carbons (Fsp3) is 0.643. The van der Waals surface area contributed by atoms with Crippen LogP contribution in [-0.4, -0.2) is 6.54 Å². The molecular formula is C14H22N2S. The molecule has 0 fully saturated rings. The summed E-state index contributed by atoms with van der Waals surface area (Å²) in [6.45, 7) is 11.1. The van der Waals surface area contributed by atoms with Crippen LogP contribution in [-0.2, 0) is 6.54 Å². The molecule has 0 saturated carbocycles. The molecule has 0 bridgehead atoms. The minimum atomic E-state index is 0.709. The first-order chi connectivity index (χ1) is 8.04. The Kier molecular flexibility index (Phi) is 5.67. The zero-order valence-corrected chi connectivity index (χ0v) is 12.0. The SMILES string of the molecule is CC(C)C(CNCc1cc(C#N)cs1)C(C)C. The molecule has 1 aromatic rings. The summed E-state index contributed by atoms with van der Waals surface area (Å²) in [5.41, 5.74) is 0.774. The van der Waals surface area contributed by atoms with E-state index in [1.807, 2.05) is 11.4 Å². The average Bonchev–Trinajstić information content (AvgIpc) is 2.71. The summed E-state index contributed by atoms with van der Waals surface area (Å²) in [4.78, 5) is 1.24. The topological polar surface area (TPSA) is 35.8 Å². The fourth-order valence-electron chi connectivity index (χ4n) is 2.14. The summed E-state index contributed by atoms with van der Waals surface area (Å²) < 4.78 is 0. The van der Waals surface area contributed by atoms with Gasteiger partial charge in [0.1, 0.15) is 6.07 Å². The van der Waals surface area contributed by atoms with Crippen molar-refractivity contribution in [1.29, 1.82) is 5.26 Å². The molecule has 0 aliphatic rings. The number of nitrogens with zero attached hydrogens (tertiary/aromatic N) is 1. The molecule has 0 atom stereocenters. The molecule has 0 amide bonds. The number of hydrogen-bond donors (Lipinski definition) is 1. The van der Waals surface area contributed by atoms with E-state index >= 15 is 0 Å². The quantitative estimate of drug-likeness (QED) is 0.836. The Hall–Kier alpha value is -0.850. The van der Waals surface area contributed by atoms with E-state index < -0.39 is 0 Å². The van der Waals surface area contributed by atoms with Crippen molar-refractivity contribution in [3.63, 3.8) is 0 Å². The van der Waals surface area contributed by atoms with Crippen molar-refractivity contribution in [1.82, 2.24) is 5.32 Å². The summed E-state index contributed by atoms with van der Waals surface area (Å²) in [7, 11) is 0. The van der Waals surface area contributed by atoms with Gasteiger partial charge < -0.3 is 5.32 Å². The van der Waals surface area contributed by atoms with Crippen LogP contribution in [0.3, 0.4) is 0 Å². The molecule has 3 heteroatoms. The molecule has 17 heavy (non-hydrogen) atoms. The van der Waals surface area contributed by atoms with Gasteiger partial charge in [0.25, 0.3) is 0 Å². The van der Waals surface area contributed by atoms with Crippen LogP contribution in [0.1, 0.15) is 38.1 Å². The van der Waals surface area contributed by atoms with E-state index in [1.54, 1.807) is 11.3 Å². The lowest BCUT2D eigenvalue weighted by Gasteiger charge is -2.25. The van der Waals surface area contributed by atoms with Crippen LogP contribution in [0.4, 0.5) is 0 Å². The van der Waals surface area contributed by atoms with Crippen LogP contribution in [0.25, 0.3) is 0 Å². The van der Waals surface area contributed by atoms with Gasteiger partial charge in [-0.25, -0.2) is 0 Å². The smallest absolute Gasteiger partial charge is 0.100 e. The lowest BCUT2D eigenvalue weighted by atomic mass is 9.85. The van der Waals surface area contributed by atoms with Gasteiger partial charge in [0, 0.05) is 16.8 Å². The van der Waals surface area contributed by atoms with Gasteiger partial charge >= 0.3 is 0 Å². The van der Waals surface area contributed by atoms with Gasteiger partial charge in [-0.05, 0) is 30.4 Å². The highest BCUT2D eigenvalue weighted by molar-refractivity contribution is 7.10. The molecule has 0 aromatic carbocycles. The van der Waals surface area contributed by atoms with E-state index in [2.05, 4.69) is 39.1 Å². The van der Waals surface area contributed by atoms with E-state index in [4.69, 9.17) is 5.26 Å². The van der Waals surface area contributed by atoms with Crippen molar-refractivity contribution in [3.8, 4) is 6.07 Å². The predicted octanol–water partition coefficient (Wildman–Crippen LogP) is 3.64. The van der Waals surface area contributed by atoms with Crippen molar-refractivity contribution < 1.29 is 0 Å². The summed E-state index contributed by atoms with van der Waals surface area (Å²) in [5, 5.41) is 14.2. The highest BCUT2D eigenvalue weighted by Crippen LogP contribution is 2.20. The van der Waals surface area contributed by atoms with Crippen LogP contribution < -0.4 is 5.32 Å². The second-order valence-electron chi connectivity index (χ2n) is 5.20. The van der Waals surface area contributed by atoms with Crippen LogP contribution in [0.5, 0.6) is 0 Å². The molecule has 0 radical (unpaired) electrons. The molecule has 1 N–H and O–H groups in total. The molecule has 0 aliphatic heterocycles. The second kappa shape index (κ2) is 6.78. The van der Waals surface area contributed by atoms with Crippen molar-refractivity contribution in [3.05, 3.63) is 21.9 Å². The molecule has 0 unspecified atom stereocenters. The first kappa shape index (κ1) is 14.2. The summed E-state index contributed by atoms with van der Waals surface area (Å²) >= 11 is 1.66. The van der Waals surface area contributed by atoms with E-state index in [9.17, 15) is 0 Å². The third-order valence-corrected chi connectivity index (χ3v) is 4.11. The summed E-state index contributed by atoms with van der Waals surface area (Å²) in [6.07, 6.45) is 0. The first-order valence-electron chi connectivity index (χ1n) is 6.22. The number of thiophene rings is 1. The number of nitrogens with one attached hydrogen (secondary N) is 1. The Morgan fingerprint density at radius 2 is 1.94 bits per heavy atom. The molecule has 2 nitrogen and oxygen atoms in total. The molecule has 1 rings (SSSR count). The van der Waals surface area contributed by atoms with Crippen LogP contribution in [0, 0.1) is 29.1 Å². The third kappa shape index (κ3) is 4.49. The Labute approximate surface area is 109 Å². The van der Waals surface area contributed by atoms with E-state index in [1.165, 1.54) is 4.88 Å². The summed E-state index contributed by atoms with van der Waals surface area (Å²) in [5.74, 6) is 2.13. The van der Waals surface area contributed by atoms with Gasteiger partial charge in [-0.2, -0.15) is 5.26 Å². The van der Waals surface area contributed by atoms with Crippen LogP contribution >= 0.6 is 11.3 Å². The summed E-state index contributed by atoms with van der Waals surface area (Å²) in [6, 6.07) is 4.14. The highest BCUT2D eigenvalue weighted by atomic mass is 32.1. The molecule has 1 aromatic heterocycles. The van der Waals surface area contributed by atoms with E-state index in [0.717, 1.165) is 18.7 Å². The molecular weight excluding hydrogens is 228 g/mol. The maximum absolute atomic E-state index is 8.75. The standard InChI is InChI=1S/C14H22N2S/c1-10(2)14(11(3)4)8-16-7-13-5-12(6-15)9-17-13/h5,9-11,14,16H,7-8H2,1-4H3. The zero-order valence-electron chi connectivity index (χ0n) is 11.2. The monoisotopic (exact) mass is 250 g/mol. The Balaban J connectivity index is 2.38. The van der Waals surface area contributed by atoms with Crippen LogP contribution in [0.15, 0.2) is 11.4 Å². The van der Waals surface area contributed by atoms with Gasteiger partial charge in [-0.15, -0.1) is 11.3 Å². The van der Waals surface area contributed by atoms with Gasteiger partial charge in [0.15, 0.2) is 0 Å². The Morgan fingerprint density at radius 3 is 2.41 bits per heavy atom. The van der Waals surface area contributed by atoms with E-state index in [-0.39, 0.29) is 0 Å². The predicted molar refractivity (Wildman–Crippen MR) is 73.9 cm³/mol. The Bertz CT molecular complexity index is 366. The van der Waals surface area contributed by atoms with Crippen molar-refractivity contribution >= 4 is 11.3 Å². The van der Waals surface area contributed by atoms with E-state index in [0.29, 0.717) is 17.8 Å². The van der Waals surface area contributed by atoms with Gasteiger partial charge in [-0.3, -0.25) is 0 Å². The van der Waals surface area contributed by atoms with Crippen molar-refractivity contribution in [2.24, 2.45) is 17.8 Å². The molecule has 0 spiro atoms. The van der Waals surface area contributed by atoms with Crippen molar-refractivity contribution in [2.75, 3.05) is 6.54 Å². The lowest BCUT2D eigenvalue weighted by molar-refractivity contribution is 0.276. The first-order valence-corrected chi connectivity index (χ1v) is 7.10. The largest absolute Gasteiger partial charge is 0.312 e. The van der Waals surface area contributed by atoms with Gasteiger partial charge in [-0.1, -0.05) is 27.7 Å². The lowest BCUT2D eigenvalue weighted by Crippen LogP contribution is -2.29. The molecule has 94 valence electrons. The Morgan fingerprint density at radius 1 is 1.29 bits per heavy atom. The minimum Gasteiger partial charge on any atom is -0.312 e. The number of hydrogen-bond acceptors (Lipinski definition) is 3. The minimum absolute atomic E-state index is 0.709. The van der Waals surface area contributed by atoms with Gasteiger partial charge in [0.2, 0.25) is 0 Å². The number of rotatable bonds is 6. The van der Waals surface area contributed by atoms with Crippen molar-refractivity contribution in [2.45, 2.75) is 34.2 Å². The maximum Gasteiger partial charge on any atom is 0.100 e. The molecule has 0 saturated heterocycles. The molecule has 1 heterocycles. The average molecular weight is 250 g/mol. The highest BCUT2D eigenvalue weighted by Gasteiger charge is 2.16. The number of nitriles is 1. The maximum atomic E-state index is 8.75. The van der Waals surface area contributed by atoms with Gasteiger partial charge in [0.05, 0.1) is 5.56 Å². The third-order valence-electron chi connectivity index (χ3n) is 3.17. The fourth-order valence-corrected chi connectivity index (χ4v) is 2.91. The zero-order chi connectivity index (χ0) is 12.8. The normalized spacial score (nSPS) is 11.4. The molecule has 0 aliphatic carbocycles. The second-order valence-corrected chi connectivity index (χ2v) is 6.19. The van der Waals surface area contributed by atoms with Crippen LogP contribution in [0.2, 0.25) is 0 Å².